The number of thiophene rings is 1. The summed E-state index contributed by atoms with van der Waals surface area (Å²) >= 11 is 1.50. The third kappa shape index (κ3) is 4.27. The van der Waals surface area contributed by atoms with Gasteiger partial charge in [-0.05, 0) is 56.4 Å². The zero-order valence-electron chi connectivity index (χ0n) is 18.9. The molecule has 0 aromatic carbocycles. The molecule has 6 nitrogen and oxygen atoms in total. The first-order valence-corrected chi connectivity index (χ1v) is 12.4. The quantitative estimate of drug-likeness (QED) is 0.403. The first-order chi connectivity index (χ1) is 15.4. The Hall–Kier alpha value is -2.41. The third-order valence-corrected chi connectivity index (χ3v) is 7.80. The molecule has 3 aliphatic rings. The van der Waals surface area contributed by atoms with Gasteiger partial charge < -0.3 is 14.8 Å². The summed E-state index contributed by atoms with van der Waals surface area (Å²) in [6, 6.07) is 3.86. The maximum atomic E-state index is 13.6. The maximum absolute atomic E-state index is 13.6. The standard InChI is InChI=1S/C25H31NO5S/c1-14-13-17-21(23(27)19(14)24(28)30-3)22(18-11-8-12-32-18)20(15(2)26-17)25(29)31-16-9-6-4-5-7-10-16/h8,11-12,14,16,19,22,26H,4-7,9-10,13H2,1-3H3. The average Bonchev–Trinajstić information content (AvgIpc) is 3.17. The van der Waals surface area contributed by atoms with Crippen LogP contribution in [0.2, 0.25) is 0 Å². The zero-order valence-corrected chi connectivity index (χ0v) is 19.8. The summed E-state index contributed by atoms with van der Waals surface area (Å²) in [5, 5.41) is 5.26. The molecule has 32 heavy (non-hydrogen) atoms. The number of methoxy groups -OCH3 is 1. The number of Topliss-reactive ketones (excluding diaryl/α,β-unsaturated/α-hetero) is 1. The van der Waals surface area contributed by atoms with Crippen molar-refractivity contribution in [2.24, 2.45) is 11.8 Å². The molecule has 1 aromatic rings. The van der Waals surface area contributed by atoms with Gasteiger partial charge in [-0.15, -0.1) is 11.3 Å². The van der Waals surface area contributed by atoms with Crippen LogP contribution in [-0.2, 0) is 23.9 Å². The van der Waals surface area contributed by atoms with Crippen molar-refractivity contribution >= 4 is 29.1 Å². The van der Waals surface area contributed by atoms with Gasteiger partial charge in [0.05, 0.1) is 18.6 Å². The third-order valence-electron chi connectivity index (χ3n) is 6.87. The van der Waals surface area contributed by atoms with E-state index >= 15 is 0 Å². The van der Waals surface area contributed by atoms with E-state index in [1.54, 1.807) is 0 Å². The van der Waals surface area contributed by atoms with E-state index in [9.17, 15) is 14.4 Å². The minimum Gasteiger partial charge on any atom is -0.468 e. The van der Waals surface area contributed by atoms with E-state index in [1.165, 1.54) is 31.3 Å². The Morgan fingerprint density at radius 3 is 2.50 bits per heavy atom. The van der Waals surface area contributed by atoms with Crippen LogP contribution in [0.5, 0.6) is 0 Å². The van der Waals surface area contributed by atoms with Crippen molar-refractivity contribution in [3.05, 3.63) is 44.9 Å². The first kappa shape index (κ1) is 22.8. The number of nitrogens with one attached hydrogen (secondary N) is 1. The smallest absolute Gasteiger partial charge is 0.337 e. The van der Waals surface area contributed by atoms with Gasteiger partial charge in [0.15, 0.2) is 5.78 Å². The molecule has 2 heterocycles. The molecule has 0 spiro atoms. The number of ether oxygens (including phenoxy) is 2. The Morgan fingerprint density at radius 1 is 1.16 bits per heavy atom. The zero-order chi connectivity index (χ0) is 22.8. The fourth-order valence-electron chi connectivity index (χ4n) is 5.27. The lowest BCUT2D eigenvalue weighted by molar-refractivity contribution is -0.151. The molecule has 0 amide bonds. The van der Waals surface area contributed by atoms with Crippen molar-refractivity contribution in [2.45, 2.75) is 70.8 Å². The van der Waals surface area contributed by atoms with Gasteiger partial charge in [0, 0.05) is 21.8 Å². The van der Waals surface area contributed by atoms with E-state index in [0.29, 0.717) is 17.6 Å². The Morgan fingerprint density at radius 2 is 1.88 bits per heavy atom. The first-order valence-electron chi connectivity index (χ1n) is 11.5. The monoisotopic (exact) mass is 457 g/mol. The summed E-state index contributed by atoms with van der Waals surface area (Å²) in [5.74, 6) is -2.72. The molecule has 0 bridgehead atoms. The lowest BCUT2D eigenvalue weighted by Gasteiger charge is -2.38. The Labute approximate surface area is 193 Å². The number of rotatable bonds is 4. The molecule has 4 rings (SSSR count). The number of allylic oxidation sites excluding steroid dienone is 3. The van der Waals surface area contributed by atoms with Crippen LogP contribution in [0.1, 0.15) is 69.6 Å². The second-order valence-electron chi connectivity index (χ2n) is 9.07. The summed E-state index contributed by atoms with van der Waals surface area (Å²) < 4.78 is 10.9. The Kier molecular flexibility index (Phi) is 6.84. The van der Waals surface area contributed by atoms with Crippen molar-refractivity contribution < 1.29 is 23.9 Å². The molecule has 3 unspecified atom stereocenters. The highest BCUT2D eigenvalue weighted by Gasteiger charge is 2.47. The van der Waals surface area contributed by atoms with Crippen molar-refractivity contribution in [2.75, 3.05) is 7.11 Å². The predicted octanol–water partition coefficient (Wildman–Crippen LogP) is 4.63. The van der Waals surface area contributed by atoms with Crippen LogP contribution < -0.4 is 5.32 Å². The summed E-state index contributed by atoms with van der Waals surface area (Å²) in [6.45, 7) is 3.76. The number of hydrogen-bond acceptors (Lipinski definition) is 7. The van der Waals surface area contributed by atoms with Crippen molar-refractivity contribution in [1.82, 2.24) is 5.32 Å². The van der Waals surface area contributed by atoms with E-state index in [1.807, 2.05) is 31.4 Å². The largest absolute Gasteiger partial charge is 0.468 e. The van der Waals surface area contributed by atoms with Gasteiger partial charge in [0.1, 0.15) is 12.0 Å². The number of dihydropyridines is 1. The van der Waals surface area contributed by atoms with Gasteiger partial charge in [0.2, 0.25) is 0 Å². The van der Waals surface area contributed by atoms with Crippen LogP contribution in [-0.4, -0.2) is 30.9 Å². The molecule has 3 atom stereocenters. The second kappa shape index (κ2) is 9.61. The fourth-order valence-corrected chi connectivity index (χ4v) is 6.11. The molecule has 1 N–H and O–H groups in total. The number of carbonyl (C=O) groups excluding carboxylic acids is 3. The molecular formula is C25H31NO5S. The highest BCUT2D eigenvalue weighted by Crippen LogP contribution is 2.46. The Bertz CT molecular complexity index is 953. The molecule has 1 aromatic heterocycles. The summed E-state index contributed by atoms with van der Waals surface area (Å²) in [7, 11) is 1.31. The molecule has 1 fully saturated rings. The lowest BCUT2D eigenvalue weighted by atomic mass is 9.70. The van der Waals surface area contributed by atoms with Gasteiger partial charge in [-0.25, -0.2) is 4.79 Å². The SMILES string of the molecule is COC(=O)C1C(=O)C2=C(CC1C)NC(C)=C(C(=O)OC1CCCCCC1)C2c1cccs1. The van der Waals surface area contributed by atoms with Crippen molar-refractivity contribution in [3.63, 3.8) is 0 Å². The predicted molar refractivity (Wildman–Crippen MR) is 122 cm³/mol. The second-order valence-corrected chi connectivity index (χ2v) is 10.0. The van der Waals surface area contributed by atoms with Crippen molar-refractivity contribution in [1.29, 1.82) is 0 Å². The minimum atomic E-state index is -0.861. The van der Waals surface area contributed by atoms with Gasteiger partial charge in [0.25, 0.3) is 0 Å². The maximum Gasteiger partial charge on any atom is 0.337 e. The molecular weight excluding hydrogens is 426 g/mol. The summed E-state index contributed by atoms with van der Waals surface area (Å²) in [4.78, 5) is 40.4. The van der Waals surface area contributed by atoms with Gasteiger partial charge >= 0.3 is 11.9 Å². The van der Waals surface area contributed by atoms with Crippen molar-refractivity contribution in [3.8, 4) is 0 Å². The highest BCUT2D eigenvalue weighted by molar-refractivity contribution is 7.10. The van der Waals surface area contributed by atoms with E-state index in [-0.39, 0.29) is 23.8 Å². The number of hydrogen-bond donors (Lipinski definition) is 1. The molecule has 7 heteroatoms. The van der Waals surface area contributed by atoms with Gasteiger partial charge in [-0.2, -0.15) is 0 Å². The molecule has 0 saturated heterocycles. The number of ketones is 1. The minimum absolute atomic E-state index is 0.0884. The number of esters is 2. The van der Waals surface area contributed by atoms with Crippen LogP contribution in [0.4, 0.5) is 0 Å². The normalized spacial score (nSPS) is 26.8. The Balaban J connectivity index is 1.71. The van der Waals surface area contributed by atoms with E-state index < -0.39 is 17.8 Å². The summed E-state index contributed by atoms with van der Waals surface area (Å²) in [5.41, 5.74) is 2.49. The van der Waals surface area contributed by atoms with Crippen LogP contribution in [0, 0.1) is 11.8 Å². The highest BCUT2D eigenvalue weighted by atomic mass is 32.1. The van der Waals surface area contributed by atoms with Crippen LogP contribution in [0.15, 0.2) is 40.1 Å². The van der Waals surface area contributed by atoms with Crippen LogP contribution in [0.3, 0.4) is 0 Å². The molecule has 172 valence electrons. The van der Waals surface area contributed by atoms with Gasteiger partial charge in [-0.1, -0.05) is 25.8 Å². The molecule has 2 aliphatic carbocycles. The lowest BCUT2D eigenvalue weighted by Crippen LogP contribution is -2.43. The van der Waals surface area contributed by atoms with Crippen LogP contribution >= 0.6 is 11.3 Å². The molecule has 1 aliphatic heterocycles. The van der Waals surface area contributed by atoms with E-state index in [2.05, 4.69) is 5.32 Å². The number of carbonyl (C=O) groups is 3. The van der Waals surface area contributed by atoms with E-state index in [0.717, 1.165) is 42.0 Å². The van der Waals surface area contributed by atoms with Gasteiger partial charge in [-0.3, -0.25) is 9.59 Å². The van der Waals surface area contributed by atoms with Crippen LogP contribution in [0.25, 0.3) is 0 Å². The fraction of sp³-hybridized carbons (Fsp3) is 0.560. The topological polar surface area (TPSA) is 81.7 Å². The van der Waals surface area contributed by atoms with E-state index in [4.69, 9.17) is 9.47 Å². The molecule has 1 saturated carbocycles. The average molecular weight is 458 g/mol. The summed E-state index contributed by atoms with van der Waals surface area (Å²) in [6.07, 6.45) is 6.69. The molecule has 0 radical (unpaired) electrons.